The molecule has 4 nitrogen and oxygen atoms in total. The van der Waals surface area contributed by atoms with Crippen molar-refractivity contribution in [2.75, 3.05) is 18.5 Å². The number of nitrogens with two attached hydrogens (primary N) is 1. The van der Waals surface area contributed by atoms with Crippen LogP contribution in [0.15, 0.2) is 36.7 Å². The first-order valence-electron chi connectivity index (χ1n) is 6.16. The largest absolute Gasteiger partial charge is 0.358 e. The lowest BCUT2D eigenvalue weighted by atomic mass is 10.2. The number of anilines is 1. The third-order valence-corrected chi connectivity index (χ3v) is 3.18. The monoisotopic (exact) mass is 276 g/mol. The number of hydrogen-bond acceptors (Lipinski definition) is 4. The molecule has 2 N–H and O–H groups in total. The van der Waals surface area contributed by atoms with E-state index in [0.29, 0.717) is 11.6 Å². The molecule has 0 spiro atoms. The maximum atomic E-state index is 6.21. The third kappa shape index (κ3) is 3.66. The SMILES string of the molecule is CN(CCc1ccccn1)c1ncc(CN)cc1Cl. The predicted octanol–water partition coefficient (Wildman–Crippen LogP) is 2.27. The summed E-state index contributed by atoms with van der Waals surface area (Å²) in [6.07, 6.45) is 4.42. The van der Waals surface area contributed by atoms with Gasteiger partial charge in [0.2, 0.25) is 0 Å². The van der Waals surface area contributed by atoms with Crippen LogP contribution in [0.2, 0.25) is 5.02 Å². The van der Waals surface area contributed by atoms with Crippen LogP contribution in [-0.4, -0.2) is 23.6 Å². The van der Waals surface area contributed by atoms with Crippen LogP contribution in [0.1, 0.15) is 11.3 Å². The summed E-state index contributed by atoms with van der Waals surface area (Å²) in [5, 5.41) is 0.631. The first kappa shape index (κ1) is 13.8. The average Bonchev–Trinajstić information content (AvgIpc) is 2.45. The zero-order valence-corrected chi connectivity index (χ0v) is 11.6. The number of likely N-dealkylation sites (N-methyl/N-ethyl adjacent to an activating group) is 1. The van der Waals surface area contributed by atoms with Gasteiger partial charge in [-0.15, -0.1) is 0 Å². The van der Waals surface area contributed by atoms with Crippen molar-refractivity contribution < 1.29 is 0 Å². The molecule has 2 rings (SSSR count). The van der Waals surface area contributed by atoms with Crippen LogP contribution in [0, 0.1) is 0 Å². The molecule has 0 aromatic carbocycles. The van der Waals surface area contributed by atoms with Crippen molar-refractivity contribution in [2.45, 2.75) is 13.0 Å². The minimum Gasteiger partial charge on any atom is -0.358 e. The number of aromatic nitrogens is 2. The molecule has 0 saturated carbocycles. The minimum absolute atomic E-state index is 0.449. The van der Waals surface area contributed by atoms with Crippen LogP contribution in [0.4, 0.5) is 5.82 Å². The molecule has 0 bridgehead atoms. The molecule has 19 heavy (non-hydrogen) atoms. The molecule has 0 aliphatic heterocycles. The Morgan fingerprint density at radius 2 is 2.16 bits per heavy atom. The Bertz CT molecular complexity index is 530. The fourth-order valence-electron chi connectivity index (χ4n) is 1.80. The van der Waals surface area contributed by atoms with Gasteiger partial charge < -0.3 is 10.6 Å². The van der Waals surface area contributed by atoms with Crippen molar-refractivity contribution in [2.24, 2.45) is 5.73 Å². The zero-order chi connectivity index (χ0) is 13.7. The van der Waals surface area contributed by atoms with Crippen molar-refractivity contribution in [1.82, 2.24) is 9.97 Å². The molecule has 2 heterocycles. The first-order valence-corrected chi connectivity index (χ1v) is 6.54. The summed E-state index contributed by atoms with van der Waals surface area (Å²) in [7, 11) is 1.97. The molecule has 100 valence electrons. The highest BCUT2D eigenvalue weighted by molar-refractivity contribution is 6.33. The van der Waals surface area contributed by atoms with E-state index in [9.17, 15) is 0 Å². The molecule has 0 radical (unpaired) electrons. The van der Waals surface area contributed by atoms with E-state index in [-0.39, 0.29) is 0 Å². The Hall–Kier alpha value is -1.65. The van der Waals surface area contributed by atoms with Crippen LogP contribution in [-0.2, 0) is 13.0 Å². The number of rotatable bonds is 5. The number of hydrogen-bond donors (Lipinski definition) is 1. The molecule has 0 unspecified atom stereocenters. The molecule has 5 heteroatoms. The molecule has 0 atom stereocenters. The van der Waals surface area contributed by atoms with Gasteiger partial charge in [-0.3, -0.25) is 4.98 Å². The Kier molecular flexibility index (Phi) is 4.71. The lowest BCUT2D eigenvalue weighted by Crippen LogP contribution is -2.22. The number of halogens is 1. The summed E-state index contributed by atoms with van der Waals surface area (Å²) in [5.41, 5.74) is 7.56. The van der Waals surface area contributed by atoms with Crippen LogP contribution in [0.3, 0.4) is 0 Å². The van der Waals surface area contributed by atoms with E-state index < -0.39 is 0 Å². The molecule has 0 saturated heterocycles. The zero-order valence-electron chi connectivity index (χ0n) is 10.9. The highest BCUT2D eigenvalue weighted by atomic mass is 35.5. The Morgan fingerprint density at radius 3 is 2.79 bits per heavy atom. The fraction of sp³-hybridized carbons (Fsp3) is 0.286. The fourth-order valence-corrected chi connectivity index (χ4v) is 2.13. The van der Waals surface area contributed by atoms with Crippen molar-refractivity contribution in [1.29, 1.82) is 0 Å². The molecule has 2 aromatic rings. The summed E-state index contributed by atoms with van der Waals surface area (Å²) in [5.74, 6) is 0.773. The molecule has 0 amide bonds. The lowest BCUT2D eigenvalue weighted by Gasteiger charge is -2.19. The molecular formula is C14H17ClN4. The van der Waals surface area contributed by atoms with E-state index in [1.54, 1.807) is 12.4 Å². The van der Waals surface area contributed by atoms with E-state index in [0.717, 1.165) is 30.0 Å². The van der Waals surface area contributed by atoms with Gasteiger partial charge in [0, 0.05) is 44.6 Å². The lowest BCUT2D eigenvalue weighted by molar-refractivity contribution is 0.837. The van der Waals surface area contributed by atoms with Gasteiger partial charge in [0.05, 0.1) is 5.02 Å². The van der Waals surface area contributed by atoms with Crippen molar-refractivity contribution in [3.8, 4) is 0 Å². The van der Waals surface area contributed by atoms with Gasteiger partial charge in [0.15, 0.2) is 0 Å². The minimum atomic E-state index is 0.449. The molecule has 0 aliphatic rings. The molecule has 0 aliphatic carbocycles. The van der Waals surface area contributed by atoms with Crippen molar-refractivity contribution >= 4 is 17.4 Å². The third-order valence-electron chi connectivity index (χ3n) is 2.91. The summed E-state index contributed by atoms with van der Waals surface area (Å²) < 4.78 is 0. The molecule has 2 aromatic heterocycles. The summed E-state index contributed by atoms with van der Waals surface area (Å²) in [4.78, 5) is 10.7. The van der Waals surface area contributed by atoms with E-state index in [4.69, 9.17) is 17.3 Å². The second-order valence-corrected chi connectivity index (χ2v) is 4.75. The Morgan fingerprint density at radius 1 is 1.32 bits per heavy atom. The maximum absolute atomic E-state index is 6.21. The van der Waals surface area contributed by atoms with Gasteiger partial charge in [-0.2, -0.15) is 0 Å². The second kappa shape index (κ2) is 6.50. The van der Waals surface area contributed by atoms with E-state index in [2.05, 4.69) is 9.97 Å². The van der Waals surface area contributed by atoms with Crippen LogP contribution >= 0.6 is 11.6 Å². The first-order chi connectivity index (χ1) is 9.20. The van der Waals surface area contributed by atoms with E-state index in [1.807, 2.05) is 36.2 Å². The van der Waals surface area contributed by atoms with E-state index >= 15 is 0 Å². The number of nitrogens with zero attached hydrogens (tertiary/aromatic N) is 3. The smallest absolute Gasteiger partial charge is 0.147 e. The highest BCUT2D eigenvalue weighted by Gasteiger charge is 2.08. The molecular weight excluding hydrogens is 260 g/mol. The van der Waals surface area contributed by atoms with Gasteiger partial charge in [0.25, 0.3) is 0 Å². The van der Waals surface area contributed by atoms with Crippen LogP contribution in [0.25, 0.3) is 0 Å². The topological polar surface area (TPSA) is 55.0 Å². The molecule has 0 fully saturated rings. The Balaban J connectivity index is 2.02. The second-order valence-electron chi connectivity index (χ2n) is 4.35. The van der Waals surface area contributed by atoms with Crippen LogP contribution in [0.5, 0.6) is 0 Å². The van der Waals surface area contributed by atoms with Gasteiger partial charge in [-0.1, -0.05) is 17.7 Å². The van der Waals surface area contributed by atoms with E-state index in [1.165, 1.54) is 0 Å². The van der Waals surface area contributed by atoms with Crippen molar-refractivity contribution in [3.05, 3.63) is 52.9 Å². The van der Waals surface area contributed by atoms with Gasteiger partial charge in [0.1, 0.15) is 5.82 Å². The summed E-state index contributed by atoms with van der Waals surface area (Å²) in [6.45, 7) is 1.26. The number of pyridine rings is 2. The quantitative estimate of drug-likeness (QED) is 0.910. The average molecular weight is 277 g/mol. The summed E-state index contributed by atoms with van der Waals surface area (Å²) >= 11 is 6.21. The highest BCUT2D eigenvalue weighted by Crippen LogP contribution is 2.23. The van der Waals surface area contributed by atoms with Gasteiger partial charge >= 0.3 is 0 Å². The maximum Gasteiger partial charge on any atom is 0.147 e. The summed E-state index contributed by atoms with van der Waals surface area (Å²) in [6, 6.07) is 7.78. The van der Waals surface area contributed by atoms with Gasteiger partial charge in [-0.25, -0.2) is 4.98 Å². The Labute approximate surface area is 118 Å². The predicted molar refractivity (Wildman–Crippen MR) is 78.3 cm³/mol. The normalized spacial score (nSPS) is 10.5. The van der Waals surface area contributed by atoms with Crippen molar-refractivity contribution in [3.63, 3.8) is 0 Å². The van der Waals surface area contributed by atoms with Crippen LogP contribution < -0.4 is 10.6 Å². The standard InChI is InChI=1S/C14H17ClN4/c1-19(7-5-12-4-2-3-6-17-12)14-13(15)8-11(9-16)10-18-14/h2-4,6,8,10H,5,7,9,16H2,1H3. The van der Waals surface area contributed by atoms with Gasteiger partial charge in [-0.05, 0) is 23.8 Å².